The van der Waals surface area contributed by atoms with Crippen LogP contribution in [0.15, 0.2) is 18.2 Å². The van der Waals surface area contributed by atoms with Gasteiger partial charge < -0.3 is 15.7 Å². The molecule has 0 aliphatic carbocycles. The summed E-state index contributed by atoms with van der Waals surface area (Å²) >= 11 is 12.2. The Morgan fingerprint density at radius 3 is 2.61 bits per heavy atom. The van der Waals surface area contributed by atoms with E-state index in [1.165, 1.54) is 0 Å². The molecule has 2 heterocycles. The van der Waals surface area contributed by atoms with Crippen molar-refractivity contribution in [3.05, 3.63) is 28.2 Å². The Morgan fingerprint density at radius 2 is 1.91 bits per heavy atom. The lowest BCUT2D eigenvalue weighted by Crippen LogP contribution is -2.36. The molecule has 0 amide bonds. The largest absolute Gasteiger partial charge is 0.396 e. The van der Waals surface area contributed by atoms with Crippen LogP contribution < -0.4 is 10.6 Å². The molecule has 0 atom stereocenters. The van der Waals surface area contributed by atoms with Crippen molar-refractivity contribution in [2.24, 2.45) is 5.92 Å². The van der Waals surface area contributed by atoms with Gasteiger partial charge in [-0.25, -0.2) is 0 Å². The number of nitrogens with two attached hydrogens (primary N) is 1. The molecule has 1 aromatic heterocycles. The maximum absolute atomic E-state index is 9.23. The SMILES string of the molecule is Nc1nc(-c2cc(Cl)ccc2Cl)nc(N2CCC(CO)CC2)n1. The Hall–Kier alpha value is -1.63. The first-order chi connectivity index (χ1) is 11.1. The lowest BCUT2D eigenvalue weighted by molar-refractivity contribution is 0.202. The van der Waals surface area contributed by atoms with E-state index in [2.05, 4.69) is 15.0 Å². The first kappa shape index (κ1) is 16.2. The smallest absolute Gasteiger partial charge is 0.230 e. The first-order valence-corrected chi connectivity index (χ1v) is 8.15. The van der Waals surface area contributed by atoms with Crippen molar-refractivity contribution in [1.29, 1.82) is 0 Å². The van der Waals surface area contributed by atoms with Crippen LogP contribution in [-0.4, -0.2) is 39.8 Å². The number of nitrogen functional groups attached to an aromatic ring is 1. The Morgan fingerprint density at radius 1 is 1.17 bits per heavy atom. The topological polar surface area (TPSA) is 88.2 Å². The maximum Gasteiger partial charge on any atom is 0.230 e. The molecule has 1 fully saturated rings. The molecule has 8 heteroatoms. The van der Waals surface area contributed by atoms with Gasteiger partial charge in [0.1, 0.15) is 0 Å². The standard InChI is InChI=1S/C15H17Cl2N5O/c16-10-1-2-12(17)11(7-10)13-19-14(18)21-15(20-13)22-5-3-9(8-23)4-6-22/h1-2,7,9,23H,3-6,8H2,(H2,18,19,20,21). The molecule has 0 unspecified atom stereocenters. The summed E-state index contributed by atoms with van der Waals surface area (Å²) in [6.07, 6.45) is 1.80. The van der Waals surface area contributed by atoms with Crippen LogP contribution in [0.1, 0.15) is 12.8 Å². The second-order valence-electron chi connectivity index (χ2n) is 5.55. The third-order valence-electron chi connectivity index (χ3n) is 3.97. The summed E-state index contributed by atoms with van der Waals surface area (Å²) in [7, 11) is 0. The molecule has 1 aromatic carbocycles. The highest BCUT2D eigenvalue weighted by atomic mass is 35.5. The number of piperidine rings is 1. The predicted molar refractivity (Wildman–Crippen MR) is 91.7 cm³/mol. The van der Waals surface area contributed by atoms with Gasteiger partial charge in [-0.15, -0.1) is 0 Å². The number of aliphatic hydroxyl groups excluding tert-OH is 1. The number of nitrogens with zero attached hydrogens (tertiary/aromatic N) is 4. The fourth-order valence-electron chi connectivity index (χ4n) is 2.63. The first-order valence-electron chi connectivity index (χ1n) is 7.39. The van der Waals surface area contributed by atoms with Gasteiger partial charge in [-0.2, -0.15) is 15.0 Å². The number of benzene rings is 1. The molecule has 3 rings (SSSR count). The van der Waals surface area contributed by atoms with Crippen LogP contribution in [0, 0.1) is 5.92 Å². The molecule has 0 saturated carbocycles. The summed E-state index contributed by atoms with van der Waals surface area (Å²) < 4.78 is 0. The van der Waals surface area contributed by atoms with Crippen LogP contribution in [-0.2, 0) is 0 Å². The van der Waals surface area contributed by atoms with Crippen molar-refractivity contribution < 1.29 is 5.11 Å². The molecule has 0 radical (unpaired) electrons. The van der Waals surface area contributed by atoms with Gasteiger partial charge in [0.15, 0.2) is 5.82 Å². The number of hydrogen-bond acceptors (Lipinski definition) is 6. The number of rotatable bonds is 3. The van der Waals surface area contributed by atoms with Crippen molar-refractivity contribution in [3.63, 3.8) is 0 Å². The molecule has 122 valence electrons. The van der Waals surface area contributed by atoms with E-state index in [0.29, 0.717) is 33.3 Å². The zero-order chi connectivity index (χ0) is 16.4. The summed E-state index contributed by atoms with van der Waals surface area (Å²) in [4.78, 5) is 15.0. The van der Waals surface area contributed by atoms with Gasteiger partial charge in [0, 0.05) is 30.3 Å². The molecule has 3 N–H and O–H groups in total. The molecule has 2 aromatic rings. The summed E-state index contributed by atoms with van der Waals surface area (Å²) in [6.45, 7) is 1.77. The zero-order valence-corrected chi connectivity index (χ0v) is 13.9. The van der Waals surface area contributed by atoms with Crippen molar-refractivity contribution in [3.8, 4) is 11.4 Å². The number of halogens is 2. The van der Waals surface area contributed by atoms with Crippen LogP contribution >= 0.6 is 23.2 Å². The van der Waals surface area contributed by atoms with Crippen LogP contribution in [0.2, 0.25) is 10.0 Å². The molecule has 6 nitrogen and oxygen atoms in total. The summed E-state index contributed by atoms with van der Waals surface area (Å²) in [5, 5.41) is 10.3. The number of aliphatic hydroxyl groups is 1. The Kier molecular flexibility index (Phi) is 4.84. The lowest BCUT2D eigenvalue weighted by atomic mass is 9.98. The van der Waals surface area contributed by atoms with E-state index in [4.69, 9.17) is 28.9 Å². The maximum atomic E-state index is 9.23. The normalized spacial score (nSPS) is 15.9. The fourth-order valence-corrected chi connectivity index (χ4v) is 3.00. The van der Waals surface area contributed by atoms with Gasteiger partial charge in [0.25, 0.3) is 0 Å². The van der Waals surface area contributed by atoms with Crippen molar-refractivity contribution in [2.75, 3.05) is 30.3 Å². The lowest BCUT2D eigenvalue weighted by Gasteiger charge is -2.31. The Bertz CT molecular complexity index is 704. The predicted octanol–water partition coefficient (Wildman–Crippen LogP) is 2.64. The zero-order valence-electron chi connectivity index (χ0n) is 12.4. The highest BCUT2D eigenvalue weighted by molar-refractivity contribution is 6.35. The van der Waals surface area contributed by atoms with Crippen molar-refractivity contribution in [1.82, 2.24) is 15.0 Å². The van der Waals surface area contributed by atoms with Crippen LogP contribution in [0.5, 0.6) is 0 Å². The minimum absolute atomic E-state index is 0.144. The number of anilines is 2. The summed E-state index contributed by atoms with van der Waals surface area (Å²) in [5.41, 5.74) is 6.46. The molecular weight excluding hydrogens is 337 g/mol. The second-order valence-corrected chi connectivity index (χ2v) is 6.40. The van der Waals surface area contributed by atoms with Crippen molar-refractivity contribution in [2.45, 2.75) is 12.8 Å². The third kappa shape index (κ3) is 3.65. The molecule has 0 spiro atoms. The fraction of sp³-hybridized carbons (Fsp3) is 0.400. The van der Waals surface area contributed by atoms with Gasteiger partial charge in [-0.1, -0.05) is 23.2 Å². The second kappa shape index (κ2) is 6.86. The van der Waals surface area contributed by atoms with Gasteiger partial charge in [-0.05, 0) is 37.0 Å². The Balaban J connectivity index is 1.92. The summed E-state index contributed by atoms with van der Waals surface area (Å²) in [5.74, 6) is 1.42. The third-order valence-corrected chi connectivity index (χ3v) is 4.53. The highest BCUT2D eigenvalue weighted by Crippen LogP contribution is 2.30. The molecule has 1 aliphatic heterocycles. The molecule has 1 aliphatic rings. The number of aromatic nitrogens is 3. The van der Waals surface area contributed by atoms with Crippen LogP contribution in [0.4, 0.5) is 11.9 Å². The molecule has 23 heavy (non-hydrogen) atoms. The molecule has 1 saturated heterocycles. The van der Waals surface area contributed by atoms with E-state index >= 15 is 0 Å². The van der Waals surface area contributed by atoms with E-state index in [1.807, 2.05) is 4.90 Å². The minimum Gasteiger partial charge on any atom is -0.396 e. The highest BCUT2D eigenvalue weighted by Gasteiger charge is 2.22. The van der Waals surface area contributed by atoms with Gasteiger partial charge in [-0.3, -0.25) is 0 Å². The van der Waals surface area contributed by atoms with E-state index in [0.717, 1.165) is 25.9 Å². The van der Waals surface area contributed by atoms with E-state index < -0.39 is 0 Å². The van der Waals surface area contributed by atoms with Crippen LogP contribution in [0.25, 0.3) is 11.4 Å². The van der Waals surface area contributed by atoms with Crippen molar-refractivity contribution >= 4 is 35.1 Å². The monoisotopic (exact) mass is 353 g/mol. The van der Waals surface area contributed by atoms with Crippen LogP contribution in [0.3, 0.4) is 0 Å². The Labute approximate surface area is 144 Å². The van der Waals surface area contributed by atoms with E-state index in [1.54, 1.807) is 18.2 Å². The molecular formula is C15H17Cl2N5O. The van der Waals surface area contributed by atoms with Gasteiger partial charge >= 0.3 is 0 Å². The van der Waals surface area contributed by atoms with Gasteiger partial charge in [0.2, 0.25) is 11.9 Å². The quantitative estimate of drug-likeness (QED) is 0.881. The summed E-state index contributed by atoms with van der Waals surface area (Å²) in [6, 6.07) is 5.12. The average Bonchev–Trinajstić information content (AvgIpc) is 2.56. The van der Waals surface area contributed by atoms with E-state index in [9.17, 15) is 5.11 Å². The average molecular weight is 354 g/mol. The van der Waals surface area contributed by atoms with Gasteiger partial charge in [0.05, 0.1) is 5.02 Å². The minimum atomic E-state index is 0.144. The molecule has 0 bridgehead atoms. The number of hydrogen-bond donors (Lipinski definition) is 2. The van der Waals surface area contributed by atoms with E-state index in [-0.39, 0.29) is 12.6 Å².